The summed E-state index contributed by atoms with van der Waals surface area (Å²) in [6.45, 7) is 9.38. The molecule has 1 amide bonds. The number of ether oxygens (including phenoxy) is 1. The van der Waals surface area contributed by atoms with Crippen LogP contribution >= 0.6 is 0 Å². The zero-order valence-electron chi connectivity index (χ0n) is 14.4. The minimum absolute atomic E-state index is 0.0584. The smallest absolute Gasteiger partial charge is 0.246 e. The zero-order chi connectivity index (χ0) is 17.0. The molecular weight excluding hydrogens is 293 g/mol. The van der Waals surface area contributed by atoms with Crippen LogP contribution in [0.25, 0.3) is 0 Å². The maximum absolute atomic E-state index is 13.6. The molecule has 0 unspecified atom stereocenters. The monoisotopic (exact) mass is 319 g/mol. The molecule has 2 rings (SSSR count). The molecule has 0 N–H and O–H groups in total. The predicted molar refractivity (Wildman–Crippen MR) is 90.1 cm³/mol. The highest BCUT2D eigenvalue weighted by Crippen LogP contribution is 2.33. The molecule has 1 aromatic rings. The summed E-state index contributed by atoms with van der Waals surface area (Å²) in [5, 5.41) is 0. The lowest BCUT2D eigenvalue weighted by atomic mass is 9.86. The van der Waals surface area contributed by atoms with E-state index in [2.05, 4.69) is 0 Å². The summed E-state index contributed by atoms with van der Waals surface area (Å²) >= 11 is 0. The number of hydrogen-bond acceptors (Lipinski definition) is 2. The molecule has 1 aliphatic heterocycles. The topological polar surface area (TPSA) is 29.5 Å². The number of halogens is 1. The lowest BCUT2D eigenvalue weighted by Gasteiger charge is -2.33. The van der Waals surface area contributed by atoms with Crippen molar-refractivity contribution in [2.24, 2.45) is 0 Å². The third kappa shape index (κ3) is 4.57. The second kappa shape index (κ2) is 7.16. The van der Waals surface area contributed by atoms with Crippen LogP contribution in [0, 0.1) is 5.82 Å². The van der Waals surface area contributed by atoms with Crippen LogP contribution in [0.5, 0.6) is 5.75 Å². The number of hydrogen-bond donors (Lipinski definition) is 0. The zero-order valence-corrected chi connectivity index (χ0v) is 14.4. The fourth-order valence-corrected chi connectivity index (χ4v) is 2.81. The summed E-state index contributed by atoms with van der Waals surface area (Å²) in [7, 11) is 0. The molecule has 0 saturated carbocycles. The van der Waals surface area contributed by atoms with Crippen molar-refractivity contribution in [2.75, 3.05) is 13.1 Å². The summed E-state index contributed by atoms with van der Waals surface area (Å²) in [6.07, 6.45) is 5.02. The molecular formula is C19H26FNO2. The Morgan fingerprint density at radius 2 is 1.96 bits per heavy atom. The third-order valence-electron chi connectivity index (χ3n) is 4.11. The first kappa shape index (κ1) is 17.5. The van der Waals surface area contributed by atoms with Gasteiger partial charge in [0, 0.05) is 31.5 Å². The normalized spacial score (nSPS) is 16.8. The van der Waals surface area contributed by atoms with Gasteiger partial charge < -0.3 is 9.64 Å². The molecule has 23 heavy (non-hydrogen) atoms. The van der Waals surface area contributed by atoms with Crippen LogP contribution in [0.3, 0.4) is 0 Å². The van der Waals surface area contributed by atoms with Crippen molar-refractivity contribution < 1.29 is 13.9 Å². The van der Waals surface area contributed by atoms with E-state index in [9.17, 15) is 9.18 Å². The van der Waals surface area contributed by atoms with Gasteiger partial charge in [-0.15, -0.1) is 0 Å². The number of allylic oxidation sites excluding steroid dienone is 1. The van der Waals surface area contributed by atoms with Gasteiger partial charge in [-0.05, 0) is 36.6 Å². The van der Waals surface area contributed by atoms with E-state index in [0.717, 1.165) is 24.2 Å². The highest BCUT2D eigenvalue weighted by atomic mass is 19.1. The standard InChI is InChI=1S/C19H26FNO2/c1-5-6-18(22)21-11-9-15(10-12-21)23-17-8-7-14(20)13-16(17)19(2,3)4/h5-8,13,15H,9-12H2,1-4H3/b6-5+. The molecule has 1 aromatic carbocycles. The maximum atomic E-state index is 13.6. The predicted octanol–water partition coefficient (Wildman–Crippen LogP) is 4.07. The van der Waals surface area contributed by atoms with Crippen molar-refractivity contribution in [3.8, 4) is 5.75 Å². The van der Waals surface area contributed by atoms with Crippen LogP contribution < -0.4 is 4.74 Å². The average Bonchev–Trinajstić information content (AvgIpc) is 2.49. The summed E-state index contributed by atoms with van der Waals surface area (Å²) in [4.78, 5) is 13.7. The number of nitrogens with zero attached hydrogens (tertiary/aromatic N) is 1. The lowest BCUT2D eigenvalue weighted by Crippen LogP contribution is -2.41. The Hall–Kier alpha value is -1.84. The highest BCUT2D eigenvalue weighted by Gasteiger charge is 2.25. The summed E-state index contributed by atoms with van der Waals surface area (Å²) in [5.41, 5.74) is 0.699. The number of carbonyl (C=O) groups excluding carboxylic acids is 1. The van der Waals surface area contributed by atoms with E-state index in [1.54, 1.807) is 24.3 Å². The minimum atomic E-state index is -0.242. The van der Waals surface area contributed by atoms with Crippen molar-refractivity contribution in [2.45, 2.75) is 52.1 Å². The summed E-state index contributed by atoms with van der Waals surface area (Å²) < 4.78 is 19.7. The molecule has 0 aromatic heterocycles. The molecule has 0 spiro atoms. The maximum Gasteiger partial charge on any atom is 0.246 e. The van der Waals surface area contributed by atoms with Gasteiger partial charge in [-0.3, -0.25) is 4.79 Å². The molecule has 1 heterocycles. The van der Waals surface area contributed by atoms with Gasteiger partial charge in [0.15, 0.2) is 0 Å². The molecule has 0 atom stereocenters. The van der Waals surface area contributed by atoms with Crippen LogP contribution in [-0.4, -0.2) is 30.0 Å². The number of rotatable bonds is 3. The third-order valence-corrected chi connectivity index (χ3v) is 4.11. The Labute approximate surface area is 138 Å². The molecule has 0 aliphatic carbocycles. The molecule has 0 bridgehead atoms. The Morgan fingerprint density at radius 3 is 2.52 bits per heavy atom. The lowest BCUT2D eigenvalue weighted by molar-refractivity contribution is -0.127. The molecule has 0 radical (unpaired) electrons. The largest absolute Gasteiger partial charge is 0.490 e. The van der Waals surface area contributed by atoms with Crippen LogP contribution in [0.2, 0.25) is 0 Å². The molecule has 3 nitrogen and oxygen atoms in total. The Kier molecular flexibility index (Phi) is 5.45. The van der Waals surface area contributed by atoms with E-state index in [4.69, 9.17) is 4.74 Å². The average molecular weight is 319 g/mol. The van der Waals surface area contributed by atoms with Gasteiger partial charge in [0.05, 0.1) is 0 Å². The van der Waals surface area contributed by atoms with Gasteiger partial charge in [0.1, 0.15) is 17.7 Å². The first-order valence-electron chi connectivity index (χ1n) is 8.19. The first-order chi connectivity index (χ1) is 10.8. The summed E-state index contributed by atoms with van der Waals surface area (Å²) in [6, 6.07) is 4.71. The molecule has 4 heteroatoms. The first-order valence-corrected chi connectivity index (χ1v) is 8.19. The SMILES string of the molecule is C/C=C/C(=O)N1CCC(Oc2ccc(F)cc2C(C)(C)C)CC1. The van der Waals surface area contributed by atoms with Crippen LogP contribution in [0.15, 0.2) is 30.4 Å². The second-order valence-corrected chi connectivity index (χ2v) is 7.03. The fraction of sp³-hybridized carbons (Fsp3) is 0.526. The van der Waals surface area contributed by atoms with E-state index in [1.165, 1.54) is 6.07 Å². The Balaban J connectivity index is 2.03. The Bertz CT molecular complexity index is 582. The van der Waals surface area contributed by atoms with Crippen molar-refractivity contribution in [3.05, 3.63) is 41.7 Å². The van der Waals surface area contributed by atoms with E-state index in [1.807, 2.05) is 32.6 Å². The van der Waals surface area contributed by atoms with Crippen molar-refractivity contribution in [1.82, 2.24) is 4.90 Å². The molecule has 126 valence electrons. The highest BCUT2D eigenvalue weighted by molar-refractivity contribution is 5.87. The van der Waals surface area contributed by atoms with Gasteiger partial charge in [-0.1, -0.05) is 26.8 Å². The van der Waals surface area contributed by atoms with Crippen molar-refractivity contribution in [1.29, 1.82) is 0 Å². The van der Waals surface area contributed by atoms with Gasteiger partial charge in [0.2, 0.25) is 5.91 Å². The van der Waals surface area contributed by atoms with Crippen LogP contribution in [0.1, 0.15) is 46.1 Å². The number of piperidine rings is 1. The van der Waals surface area contributed by atoms with E-state index >= 15 is 0 Å². The Morgan fingerprint density at radius 1 is 1.30 bits per heavy atom. The molecule has 1 aliphatic rings. The number of amides is 1. The van der Waals surface area contributed by atoms with E-state index < -0.39 is 0 Å². The fourth-order valence-electron chi connectivity index (χ4n) is 2.81. The summed E-state index contributed by atoms with van der Waals surface area (Å²) in [5.74, 6) is 0.564. The van der Waals surface area contributed by atoms with Gasteiger partial charge in [-0.25, -0.2) is 4.39 Å². The van der Waals surface area contributed by atoms with Gasteiger partial charge in [0.25, 0.3) is 0 Å². The number of carbonyl (C=O) groups is 1. The van der Waals surface area contributed by atoms with Gasteiger partial charge in [-0.2, -0.15) is 0 Å². The quantitative estimate of drug-likeness (QED) is 0.786. The van der Waals surface area contributed by atoms with Crippen molar-refractivity contribution >= 4 is 5.91 Å². The minimum Gasteiger partial charge on any atom is -0.490 e. The second-order valence-electron chi connectivity index (χ2n) is 7.03. The molecule has 1 saturated heterocycles. The van der Waals surface area contributed by atoms with Gasteiger partial charge >= 0.3 is 0 Å². The number of likely N-dealkylation sites (tertiary alicyclic amines) is 1. The number of benzene rings is 1. The molecule has 1 fully saturated rings. The van der Waals surface area contributed by atoms with Crippen LogP contribution in [0.4, 0.5) is 4.39 Å². The van der Waals surface area contributed by atoms with Crippen molar-refractivity contribution in [3.63, 3.8) is 0 Å². The van der Waals surface area contributed by atoms with E-state index in [-0.39, 0.29) is 23.2 Å². The van der Waals surface area contributed by atoms with Crippen LogP contribution in [-0.2, 0) is 10.2 Å². The van der Waals surface area contributed by atoms with E-state index in [0.29, 0.717) is 13.1 Å².